The number of ether oxygens (including phenoxy) is 2. The molecule has 1 rings (SSSR count). The number of rotatable bonds is 9. The number of hydrogen-bond acceptors (Lipinski definition) is 5. The van der Waals surface area contributed by atoms with Crippen LogP contribution in [0, 0.1) is 10.1 Å². The lowest BCUT2D eigenvalue weighted by molar-refractivity contribution is -0.384. The normalized spacial score (nSPS) is 11.4. The topological polar surface area (TPSA) is 73.6 Å². The number of nitro benzene ring substituents is 1. The maximum absolute atomic E-state index is 10.9. The van der Waals surface area contributed by atoms with Crippen LogP contribution in [0.1, 0.15) is 32.8 Å². The van der Waals surface area contributed by atoms with Gasteiger partial charge in [0.25, 0.3) is 5.69 Å². The third-order valence-corrected chi connectivity index (χ3v) is 3.33. The second-order valence-electron chi connectivity index (χ2n) is 5.39. The first-order valence-corrected chi connectivity index (χ1v) is 7.05. The van der Waals surface area contributed by atoms with E-state index >= 15 is 0 Å². The quantitative estimate of drug-likeness (QED) is 0.560. The lowest BCUT2D eigenvalue weighted by Crippen LogP contribution is -2.25. The Hall–Kier alpha value is -1.66. The van der Waals surface area contributed by atoms with E-state index in [4.69, 9.17) is 9.47 Å². The van der Waals surface area contributed by atoms with E-state index < -0.39 is 4.92 Å². The Bertz CT molecular complexity index is 475. The first-order chi connectivity index (χ1) is 9.89. The molecule has 0 radical (unpaired) electrons. The number of methoxy groups -OCH3 is 1. The molecule has 0 aliphatic rings. The van der Waals surface area contributed by atoms with Gasteiger partial charge in [0.1, 0.15) is 5.75 Å². The molecule has 0 unspecified atom stereocenters. The fourth-order valence-corrected chi connectivity index (χ4v) is 1.73. The van der Waals surface area contributed by atoms with E-state index in [1.807, 2.05) is 20.8 Å². The van der Waals surface area contributed by atoms with Crippen molar-refractivity contribution in [3.05, 3.63) is 33.9 Å². The summed E-state index contributed by atoms with van der Waals surface area (Å²) in [5, 5.41) is 14.0. The molecule has 0 saturated heterocycles. The molecular formula is C15H24N2O4. The molecule has 0 spiro atoms. The SMILES string of the molecule is CCNCc1cc([N+](=O)[O-])ccc1OCCC(C)(C)OC. The van der Waals surface area contributed by atoms with Gasteiger partial charge in [-0.1, -0.05) is 6.92 Å². The van der Waals surface area contributed by atoms with Crippen LogP contribution in [0.3, 0.4) is 0 Å². The predicted molar refractivity (Wildman–Crippen MR) is 81.7 cm³/mol. The summed E-state index contributed by atoms with van der Waals surface area (Å²) in [5.41, 5.74) is 0.622. The smallest absolute Gasteiger partial charge is 0.270 e. The lowest BCUT2D eigenvalue weighted by atomic mass is 10.1. The molecule has 118 valence electrons. The van der Waals surface area contributed by atoms with Crippen LogP contribution in [0.25, 0.3) is 0 Å². The maximum atomic E-state index is 10.9. The summed E-state index contributed by atoms with van der Waals surface area (Å²) >= 11 is 0. The molecule has 0 amide bonds. The summed E-state index contributed by atoms with van der Waals surface area (Å²) < 4.78 is 11.1. The maximum Gasteiger partial charge on any atom is 0.270 e. The highest BCUT2D eigenvalue weighted by Crippen LogP contribution is 2.25. The molecule has 0 saturated carbocycles. The van der Waals surface area contributed by atoms with Gasteiger partial charge in [0, 0.05) is 37.8 Å². The second-order valence-corrected chi connectivity index (χ2v) is 5.39. The minimum Gasteiger partial charge on any atom is -0.493 e. The van der Waals surface area contributed by atoms with Crippen LogP contribution in [0.5, 0.6) is 5.75 Å². The van der Waals surface area contributed by atoms with E-state index in [9.17, 15) is 10.1 Å². The van der Waals surface area contributed by atoms with Crippen LogP contribution >= 0.6 is 0 Å². The highest BCUT2D eigenvalue weighted by atomic mass is 16.6. The van der Waals surface area contributed by atoms with Gasteiger partial charge in [-0.15, -0.1) is 0 Å². The van der Waals surface area contributed by atoms with Gasteiger partial charge in [-0.3, -0.25) is 10.1 Å². The molecule has 1 aromatic carbocycles. The van der Waals surface area contributed by atoms with E-state index in [0.717, 1.165) is 18.5 Å². The van der Waals surface area contributed by atoms with E-state index in [1.165, 1.54) is 6.07 Å². The van der Waals surface area contributed by atoms with Crippen molar-refractivity contribution in [1.82, 2.24) is 5.32 Å². The van der Waals surface area contributed by atoms with Crippen LogP contribution in [-0.2, 0) is 11.3 Å². The standard InChI is InChI=1S/C15H24N2O4/c1-5-16-11-12-10-13(17(18)19)6-7-14(12)21-9-8-15(2,3)20-4/h6-7,10,16H,5,8-9,11H2,1-4H3. The van der Waals surface area contributed by atoms with E-state index in [-0.39, 0.29) is 11.3 Å². The van der Waals surface area contributed by atoms with E-state index in [1.54, 1.807) is 19.2 Å². The van der Waals surface area contributed by atoms with Gasteiger partial charge in [0.05, 0.1) is 17.1 Å². The molecule has 1 N–H and O–H groups in total. The molecule has 1 aromatic rings. The first-order valence-electron chi connectivity index (χ1n) is 7.05. The molecule has 0 bridgehead atoms. The van der Waals surface area contributed by atoms with Crippen LogP contribution in [0.2, 0.25) is 0 Å². The van der Waals surface area contributed by atoms with Gasteiger partial charge in [-0.25, -0.2) is 0 Å². The third kappa shape index (κ3) is 5.69. The lowest BCUT2D eigenvalue weighted by Gasteiger charge is -2.23. The van der Waals surface area contributed by atoms with E-state index in [0.29, 0.717) is 18.9 Å². The van der Waals surface area contributed by atoms with Crippen LogP contribution in [-0.4, -0.2) is 30.8 Å². The van der Waals surface area contributed by atoms with Gasteiger partial charge in [0.15, 0.2) is 0 Å². The molecule has 6 heteroatoms. The zero-order chi connectivity index (χ0) is 15.9. The van der Waals surface area contributed by atoms with Crippen LogP contribution < -0.4 is 10.1 Å². The number of hydrogen-bond donors (Lipinski definition) is 1. The average molecular weight is 296 g/mol. The summed E-state index contributed by atoms with van der Waals surface area (Å²) in [6.45, 7) is 7.80. The molecule has 0 aromatic heterocycles. The molecule has 6 nitrogen and oxygen atoms in total. The van der Waals surface area contributed by atoms with Gasteiger partial charge < -0.3 is 14.8 Å². The molecule has 21 heavy (non-hydrogen) atoms. The Morgan fingerprint density at radius 2 is 2.10 bits per heavy atom. The van der Waals surface area contributed by atoms with Gasteiger partial charge in [0.2, 0.25) is 0 Å². The van der Waals surface area contributed by atoms with Crippen molar-refractivity contribution in [2.75, 3.05) is 20.3 Å². The monoisotopic (exact) mass is 296 g/mol. The molecule has 0 atom stereocenters. The van der Waals surface area contributed by atoms with Crippen LogP contribution in [0.4, 0.5) is 5.69 Å². The highest BCUT2D eigenvalue weighted by Gasteiger charge is 2.17. The summed E-state index contributed by atoms with van der Waals surface area (Å²) in [4.78, 5) is 10.5. The average Bonchev–Trinajstić information content (AvgIpc) is 2.45. The Kier molecular flexibility index (Phi) is 6.58. The van der Waals surface area contributed by atoms with Gasteiger partial charge in [-0.2, -0.15) is 0 Å². The summed E-state index contributed by atoms with van der Waals surface area (Å²) in [6, 6.07) is 4.68. The number of nitro groups is 1. The molecule has 0 aliphatic heterocycles. The molecule has 0 heterocycles. The number of nitrogens with zero attached hydrogens (tertiary/aromatic N) is 1. The van der Waals surface area contributed by atoms with Crippen molar-refractivity contribution >= 4 is 5.69 Å². The van der Waals surface area contributed by atoms with Crippen molar-refractivity contribution in [2.24, 2.45) is 0 Å². The fourth-order valence-electron chi connectivity index (χ4n) is 1.73. The van der Waals surface area contributed by atoms with Crippen molar-refractivity contribution in [3.8, 4) is 5.75 Å². The highest BCUT2D eigenvalue weighted by molar-refractivity contribution is 5.43. The zero-order valence-electron chi connectivity index (χ0n) is 13.1. The van der Waals surface area contributed by atoms with Crippen molar-refractivity contribution in [1.29, 1.82) is 0 Å². The number of nitrogens with one attached hydrogen (secondary N) is 1. The Morgan fingerprint density at radius 1 is 1.38 bits per heavy atom. The van der Waals surface area contributed by atoms with Crippen molar-refractivity contribution in [3.63, 3.8) is 0 Å². The molecule has 0 aliphatic carbocycles. The predicted octanol–water partition coefficient (Wildman–Crippen LogP) is 2.90. The summed E-state index contributed by atoms with van der Waals surface area (Å²) in [5.74, 6) is 0.674. The first kappa shape index (κ1) is 17.4. The number of non-ortho nitro benzene ring substituents is 1. The summed E-state index contributed by atoms with van der Waals surface area (Å²) in [6.07, 6.45) is 0.737. The zero-order valence-corrected chi connectivity index (χ0v) is 13.1. The van der Waals surface area contributed by atoms with Crippen molar-refractivity contribution in [2.45, 2.75) is 39.3 Å². The second kappa shape index (κ2) is 7.95. The molecular weight excluding hydrogens is 272 g/mol. The summed E-state index contributed by atoms with van der Waals surface area (Å²) in [7, 11) is 1.67. The van der Waals surface area contributed by atoms with E-state index in [2.05, 4.69) is 5.32 Å². The Morgan fingerprint density at radius 3 is 2.67 bits per heavy atom. The largest absolute Gasteiger partial charge is 0.493 e. The Labute approximate surface area is 125 Å². The van der Waals surface area contributed by atoms with Crippen LogP contribution in [0.15, 0.2) is 18.2 Å². The molecule has 0 fully saturated rings. The third-order valence-electron chi connectivity index (χ3n) is 3.33. The van der Waals surface area contributed by atoms with Gasteiger partial charge >= 0.3 is 0 Å². The minimum absolute atomic E-state index is 0.0764. The van der Waals surface area contributed by atoms with Gasteiger partial charge in [-0.05, 0) is 26.5 Å². The number of benzene rings is 1. The van der Waals surface area contributed by atoms with Crippen molar-refractivity contribution < 1.29 is 14.4 Å². The minimum atomic E-state index is -0.396. The Balaban J connectivity index is 2.77. The fraction of sp³-hybridized carbons (Fsp3) is 0.600.